The molecule has 0 aliphatic carbocycles. The monoisotopic (exact) mass is 479 g/mol. The summed E-state index contributed by atoms with van der Waals surface area (Å²) < 4.78 is 33.8. The average Bonchev–Trinajstić information content (AvgIpc) is 2.84. The Morgan fingerprint density at radius 2 is 1.76 bits per heavy atom. The molecule has 2 aromatic carbocycles. The van der Waals surface area contributed by atoms with E-state index in [1.807, 2.05) is 37.3 Å². The second kappa shape index (κ2) is 11.2. The maximum Gasteiger partial charge on any atom is 0.283 e. The van der Waals surface area contributed by atoms with Crippen molar-refractivity contribution in [1.29, 1.82) is 0 Å². The van der Waals surface area contributed by atoms with E-state index in [2.05, 4.69) is 15.0 Å². The van der Waals surface area contributed by atoms with Crippen LogP contribution in [0.5, 0.6) is 0 Å². The number of hydrogen-bond acceptors (Lipinski definition) is 5. The van der Waals surface area contributed by atoms with Crippen LogP contribution in [0.15, 0.2) is 82.9 Å². The third-order valence-electron chi connectivity index (χ3n) is 5.17. The predicted octanol–water partition coefficient (Wildman–Crippen LogP) is 5.86. The SMILES string of the molecule is Cc1cc(-c2c[nH]c(=O)c(F)c2)nc(SCCC(OCc2ccccc2F)c2ccccc2)n1. The van der Waals surface area contributed by atoms with Crippen molar-refractivity contribution in [2.45, 2.75) is 31.2 Å². The van der Waals surface area contributed by atoms with Crippen molar-refractivity contribution in [3.63, 3.8) is 0 Å². The molecule has 0 aliphatic heterocycles. The summed E-state index contributed by atoms with van der Waals surface area (Å²) in [7, 11) is 0. The number of nitrogens with zero attached hydrogens (tertiary/aromatic N) is 2. The van der Waals surface area contributed by atoms with E-state index in [0.717, 1.165) is 17.3 Å². The third-order valence-corrected chi connectivity index (χ3v) is 6.05. The van der Waals surface area contributed by atoms with Gasteiger partial charge in [0.2, 0.25) is 0 Å². The van der Waals surface area contributed by atoms with Gasteiger partial charge in [-0.2, -0.15) is 0 Å². The molecule has 0 spiro atoms. The van der Waals surface area contributed by atoms with Crippen molar-refractivity contribution in [2.24, 2.45) is 0 Å². The van der Waals surface area contributed by atoms with Crippen LogP contribution in [-0.2, 0) is 11.3 Å². The van der Waals surface area contributed by atoms with E-state index in [9.17, 15) is 13.6 Å². The van der Waals surface area contributed by atoms with E-state index >= 15 is 0 Å². The van der Waals surface area contributed by atoms with Crippen molar-refractivity contribution >= 4 is 11.8 Å². The highest BCUT2D eigenvalue weighted by Crippen LogP contribution is 2.28. The van der Waals surface area contributed by atoms with Gasteiger partial charge in [0, 0.05) is 28.8 Å². The van der Waals surface area contributed by atoms with Gasteiger partial charge in [-0.05, 0) is 37.1 Å². The van der Waals surface area contributed by atoms with Crippen molar-refractivity contribution < 1.29 is 13.5 Å². The predicted molar refractivity (Wildman–Crippen MR) is 128 cm³/mol. The first kappa shape index (κ1) is 23.8. The first-order valence-corrected chi connectivity index (χ1v) is 11.7. The van der Waals surface area contributed by atoms with E-state index in [-0.39, 0.29) is 18.5 Å². The largest absolute Gasteiger partial charge is 0.369 e. The number of hydrogen-bond donors (Lipinski definition) is 1. The molecule has 0 saturated carbocycles. The standard InChI is InChI=1S/C26H23F2N3O2S/c1-17-13-23(20-14-22(28)25(32)29-15-20)31-26(30-17)34-12-11-24(18-7-3-2-4-8-18)33-16-19-9-5-6-10-21(19)27/h2-10,13-15,24H,11-12,16H2,1H3,(H,29,32). The van der Waals surface area contributed by atoms with Crippen LogP contribution < -0.4 is 5.56 Å². The summed E-state index contributed by atoms with van der Waals surface area (Å²) in [6, 6.07) is 19.3. The molecule has 2 heterocycles. The smallest absolute Gasteiger partial charge is 0.283 e. The number of rotatable bonds is 9. The zero-order valence-corrected chi connectivity index (χ0v) is 19.3. The van der Waals surface area contributed by atoms with Crippen molar-refractivity contribution in [1.82, 2.24) is 15.0 Å². The van der Waals surface area contributed by atoms with Crippen molar-refractivity contribution in [2.75, 3.05) is 5.75 Å². The van der Waals surface area contributed by atoms with E-state index < -0.39 is 11.4 Å². The molecule has 34 heavy (non-hydrogen) atoms. The first-order chi connectivity index (χ1) is 16.5. The number of halogens is 2. The summed E-state index contributed by atoms with van der Waals surface area (Å²) in [5.74, 6) is -0.497. The number of thioether (sulfide) groups is 1. The van der Waals surface area contributed by atoms with E-state index in [0.29, 0.717) is 34.2 Å². The van der Waals surface area contributed by atoms with Gasteiger partial charge in [0.15, 0.2) is 11.0 Å². The highest BCUT2D eigenvalue weighted by molar-refractivity contribution is 7.99. The Hall–Kier alpha value is -3.36. The van der Waals surface area contributed by atoms with E-state index in [1.54, 1.807) is 24.3 Å². The average molecular weight is 480 g/mol. The Balaban J connectivity index is 1.45. The fourth-order valence-corrected chi connectivity index (χ4v) is 4.32. The number of ether oxygens (including phenoxy) is 1. The van der Waals surface area contributed by atoms with Crippen LogP contribution in [-0.4, -0.2) is 20.7 Å². The second-order valence-electron chi connectivity index (χ2n) is 7.68. The minimum atomic E-state index is -0.860. The highest BCUT2D eigenvalue weighted by atomic mass is 32.2. The van der Waals surface area contributed by atoms with Gasteiger partial charge in [0.25, 0.3) is 5.56 Å². The van der Waals surface area contributed by atoms with Crippen LogP contribution >= 0.6 is 11.8 Å². The number of aromatic amines is 1. The van der Waals surface area contributed by atoms with E-state index in [1.165, 1.54) is 24.0 Å². The molecule has 4 rings (SSSR count). The fraction of sp³-hybridized carbons (Fsp3) is 0.192. The van der Waals surface area contributed by atoms with Crippen LogP contribution in [0, 0.1) is 18.6 Å². The number of H-pyrrole nitrogens is 1. The number of benzene rings is 2. The lowest BCUT2D eigenvalue weighted by atomic mass is 10.1. The zero-order valence-electron chi connectivity index (χ0n) is 18.5. The molecule has 1 N–H and O–H groups in total. The third kappa shape index (κ3) is 6.15. The topological polar surface area (TPSA) is 67.9 Å². The summed E-state index contributed by atoms with van der Waals surface area (Å²) in [6.07, 6.45) is 1.86. The molecule has 0 amide bonds. The lowest BCUT2D eigenvalue weighted by Crippen LogP contribution is -2.09. The molecular weight excluding hydrogens is 456 g/mol. The van der Waals surface area contributed by atoms with Gasteiger partial charge >= 0.3 is 0 Å². The number of aryl methyl sites for hydroxylation is 1. The Morgan fingerprint density at radius 3 is 2.53 bits per heavy atom. The Labute approximate surface area is 200 Å². The van der Waals surface area contributed by atoms with Crippen LogP contribution in [0.25, 0.3) is 11.3 Å². The van der Waals surface area contributed by atoms with Gasteiger partial charge in [0.05, 0.1) is 18.4 Å². The molecule has 0 radical (unpaired) electrons. The quantitative estimate of drug-likeness (QED) is 0.241. The summed E-state index contributed by atoms with van der Waals surface area (Å²) >= 11 is 1.46. The molecule has 1 unspecified atom stereocenters. The Kier molecular flexibility index (Phi) is 7.82. The maximum atomic E-state index is 14.0. The van der Waals surface area contributed by atoms with Gasteiger partial charge in [-0.15, -0.1) is 0 Å². The maximum absolute atomic E-state index is 14.0. The molecule has 5 nitrogen and oxygen atoms in total. The fourth-order valence-electron chi connectivity index (χ4n) is 3.43. The summed E-state index contributed by atoms with van der Waals surface area (Å²) in [6.45, 7) is 2.00. The van der Waals surface area contributed by atoms with Crippen molar-refractivity contribution in [3.05, 3.63) is 112 Å². The molecule has 0 saturated heterocycles. The number of nitrogens with one attached hydrogen (secondary N) is 1. The van der Waals surface area contributed by atoms with E-state index in [4.69, 9.17) is 4.74 Å². The first-order valence-electron chi connectivity index (χ1n) is 10.8. The molecule has 1 atom stereocenters. The molecule has 0 aliphatic rings. The Bertz CT molecular complexity index is 1310. The van der Waals surface area contributed by atoms with Gasteiger partial charge in [-0.3, -0.25) is 4.79 Å². The lowest BCUT2D eigenvalue weighted by molar-refractivity contribution is 0.0364. The number of pyridine rings is 1. The summed E-state index contributed by atoms with van der Waals surface area (Å²) in [5, 5.41) is 0.544. The Morgan fingerprint density at radius 1 is 1.00 bits per heavy atom. The highest BCUT2D eigenvalue weighted by Gasteiger charge is 2.15. The lowest BCUT2D eigenvalue weighted by Gasteiger charge is -2.18. The minimum absolute atomic E-state index is 0.166. The molecule has 4 aromatic rings. The normalized spacial score (nSPS) is 12.0. The van der Waals surface area contributed by atoms with Crippen LogP contribution in [0.3, 0.4) is 0 Å². The number of aromatic nitrogens is 3. The molecule has 8 heteroatoms. The molecule has 0 fully saturated rings. The second-order valence-corrected chi connectivity index (χ2v) is 8.74. The van der Waals surface area contributed by atoms with Crippen molar-refractivity contribution in [3.8, 4) is 11.3 Å². The van der Waals surface area contributed by atoms with Gasteiger partial charge in [-0.1, -0.05) is 60.3 Å². The molecule has 2 aromatic heterocycles. The van der Waals surface area contributed by atoms with Gasteiger partial charge in [-0.25, -0.2) is 18.7 Å². The van der Waals surface area contributed by atoms with Gasteiger partial charge < -0.3 is 9.72 Å². The van der Waals surface area contributed by atoms with Gasteiger partial charge in [0.1, 0.15) is 5.82 Å². The summed E-state index contributed by atoms with van der Waals surface area (Å²) in [5.41, 5.74) is 2.48. The van der Waals surface area contributed by atoms with Crippen LogP contribution in [0.1, 0.15) is 29.3 Å². The van der Waals surface area contributed by atoms with Crippen LogP contribution in [0.4, 0.5) is 8.78 Å². The minimum Gasteiger partial charge on any atom is -0.369 e. The summed E-state index contributed by atoms with van der Waals surface area (Å²) in [4.78, 5) is 22.7. The molecule has 0 bridgehead atoms. The molecular formula is C26H23F2N3O2S. The van der Waals surface area contributed by atoms with Crippen LogP contribution in [0.2, 0.25) is 0 Å². The zero-order chi connectivity index (χ0) is 23.9. The molecule has 174 valence electrons.